The highest BCUT2D eigenvalue weighted by molar-refractivity contribution is 5.99. The summed E-state index contributed by atoms with van der Waals surface area (Å²) >= 11 is 0. The summed E-state index contributed by atoms with van der Waals surface area (Å²) < 4.78 is 10.6. The van der Waals surface area contributed by atoms with Crippen molar-refractivity contribution in [3.63, 3.8) is 0 Å². The lowest BCUT2D eigenvalue weighted by Gasteiger charge is -2.34. The number of aromatic carboxylic acids is 1. The maximum absolute atomic E-state index is 11.9. The van der Waals surface area contributed by atoms with Crippen LogP contribution in [-0.2, 0) is 0 Å². The number of aromatic nitrogens is 1. The molecule has 0 spiro atoms. The zero-order valence-electron chi connectivity index (χ0n) is 15.3. The second-order valence-electron chi connectivity index (χ2n) is 6.43. The van der Waals surface area contributed by atoms with Crippen LogP contribution in [-0.4, -0.2) is 61.0 Å². The molecule has 0 radical (unpaired) electrons. The third-order valence-electron chi connectivity index (χ3n) is 4.74. The molecule has 26 heavy (non-hydrogen) atoms. The molecular weight excluding hydrogens is 334 g/mol. The number of rotatable bonds is 7. The summed E-state index contributed by atoms with van der Waals surface area (Å²) in [5, 5.41) is 13.8. The van der Waals surface area contributed by atoms with Crippen molar-refractivity contribution in [2.24, 2.45) is 0 Å². The first-order valence-corrected chi connectivity index (χ1v) is 8.98. The Morgan fingerprint density at radius 1 is 1.23 bits per heavy atom. The van der Waals surface area contributed by atoms with E-state index in [2.05, 4.69) is 17.0 Å². The molecule has 1 saturated heterocycles. The molecule has 2 heterocycles. The van der Waals surface area contributed by atoms with Crippen LogP contribution in [0.2, 0.25) is 0 Å². The number of methoxy groups -OCH3 is 1. The average molecular weight is 359 g/mol. The highest BCUT2D eigenvalue weighted by Gasteiger charge is 2.29. The summed E-state index contributed by atoms with van der Waals surface area (Å²) in [4.78, 5) is 16.3. The van der Waals surface area contributed by atoms with E-state index in [4.69, 9.17) is 9.26 Å². The standard InChI is InChI=1S/C19H25N3O4/c1-3-4-9-21-10-12-22(13-11-21)18-16(19(23)24)17(26-20-18)14-5-7-15(25-2)8-6-14/h5-8H,3-4,9-13H2,1-2H3,(H,23,24). The topological polar surface area (TPSA) is 79.0 Å². The summed E-state index contributed by atoms with van der Waals surface area (Å²) in [6, 6.07) is 7.10. The van der Waals surface area contributed by atoms with Gasteiger partial charge < -0.3 is 19.3 Å². The van der Waals surface area contributed by atoms with Crippen molar-refractivity contribution < 1.29 is 19.2 Å². The number of benzene rings is 1. The number of nitrogens with zero attached hydrogens (tertiary/aromatic N) is 3. The van der Waals surface area contributed by atoms with Crippen LogP contribution in [0.5, 0.6) is 5.75 Å². The Labute approximate surface area is 153 Å². The number of carboxylic acid groups (broad SMARTS) is 1. The highest BCUT2D eigenvalue weighted by Crippen LogP contribution is 2.32. The monoisotopic (exact) mass is 359 g/mol. The van der Waals surface area contributed by atoms with Crippen LogP contribution in [0.4, 0.5) is 5.82 Å². The Morgan fingerprint density at radius 3 is 2.50 bits per heavy atom. The normalized spacial score (nSPS) is 15.2. The highest BCUT2D eigenvalue weighted by atomic mass is 16.5. The Balaban J connectivity index is 1.80. The van der Waals surface area contributed by atoms with Crippen molar-refractivity contribution in [3.05, 3.63) is 29.8 Å². The van der Waals surface area contributed by atoms with E-state index in [0.717, 1.165) is 32.7 Å². The van der Waals surface area contributed by atoms with Gasteiger partial charge in [-0.2, -0.15) is 0 Å². The van der Waals surface area contributed by atoms with Gasteiger partial charge >= 0.3 is 5.97 Å². The van der Waals surface area contributed by atoms with Gasteiger partial charge in [0, 0.05) is 31.7 Å². The lowest BCUT2D eigenvalue weighted by molar-refractivity contribution is 0.0697. The van der Waals surface area contributed by atoms with Crippen LogP contribution in [0.25, 0.3) is 11.3 Å². The van der Waals surface area contributed by atoms with Crippen molar-refractivity contribution in [2.75, 3.05) is 44.7 Å². The van der Waals surface area contributed by atoms with Crippen LogP contribution < -0.4 is 9.64 Å². The lowest BCUT2D eigenvalue weighted by atomic mass is 10.1. The summed E-state index contributed by atoms with van der Waals surface area (Å²) in [6.45, 7) is 6.59. The minimum atomic E-state index is -1.03. The number of carboxylic acids is 1. The minimum absolute atomic E-state index is 0.122. The maximum Gasteiger partial charge on any atom is 0.343 e. The van der Waals surface area contributed by atoms with Gasteiger partial charge in [0.15, 0.2) is 17.1 Å². The second-order valence-corrected chi connectivity index (χ2v) is 6.43. The molecule has 1 N–H and O–H groups in total. The van der Waals surface area contributed by atoms with Crippen molar-refractivity contribution in [1.29, 1.82) is 0 Å². The number of hydrogen-bond acceptors (Lipinski definition) is 6. The Kier molecular flexibility index (Phi) is 5.78. The van der Waals surface area contributed by atoms with E-state index in [1.54, 1.807) is 31.4 Å². The van der Waals surface area contributed by atoms with Crippen molar-refractivity contribution in [3.8, 4) is 17.1 Å². The molecule has 0 saturated carbocycles. The molecule has 1 fully saturated rings. The predicted molar refractivity (Wildman–Crippen MR) is 99.0 cm³/mol. The van der Waals surface area contributed by atoms with Gasteiger partial charge in [-0.05, 0) is 37.2 Å². The molecule has 1 aliphatic rings. The molecule has 0 aliphatic carbocycles. The van der Waals surface area contributed by atoms with Crippen LogP contribution in [0.3, 0.4) is 0 Å². The molecule has 3 rings (SSSR count). The summed E-state index contributed by atoms with van der Waals surface area (Å²) in [6.07, 6.45) is 2.36. The van der Waals surface area contributed by atoms with Crippen LogP contribution >= 0.6 is 0 Å². The lowest BCUT2D eigenvalue weighted by Crippen LogP contribution is -2.47. The van der Waals surface area contributed by atoms with Gasteiger partial charge in [0.2, 0.25) is 0 Å². The fraction of sp³-hybridized carbons (Fsp3) is 0.474. The van der Waals surface area contributed by atoms with Crippen molar-refractivity contribution >= 4 is 11.8 Å². The number of piperazine rings is 1. The Bertz CT molecular complexity index is 734. The van der Waals surface area contributed by atoms with E-state index >= 15 is 0 Å². The van der Waals surface area contributed by atoms with Gasteiger partial charge in [0.05, 0.1) is 7.11 Å². The predicted octanol–water partition coefficient (Wildman–Crippen LogP) is 2.97. The van der Waals surface area contributed by atoms with E-state index in [1.807, 2.05) is 4.90 Å². The number of ether oxygens (including phenoxy) is 1. The van der Waals surface area contributed by atoms with Gasteiger partial charge in [0.25, 0.3) is 0 Å². The van der Waals surface area contributed by atoms with Crippen molar-refractivity contribution in [1.82, 2.24) is 10.1 Å². The molecule has 7 heteroatoms. The number of unbranched alkanes of at least 4 members (excludes halogenated alkanes) is 1. The van der Waals surface area contributed by atoms with Crippen molar-refractivity contribution in [2.45, 2.75) is 19.8 Å². The van der Waals surface area contributed by atoms with E-state index in [9.17, 15) is 9.90 Å². The summed E-state index contributed by atoms with van der Waals surface area (Å²) in [7, 11) is 1.59. The van der Waals surface area contributed by atoms with Gasteiger partial charge in [-0.15, -0.1) is 0 Å². The first kappa shape index (κ1) is 18.3. The number of carbonyl (C=O) groups is 1. The molecule has 1 aliphatic heterocycles. The molecule has 1 aromatic carbocycles. The van der Waals surface area contributed by atoms with Gasteiger partial charge in [-0.3, -0.25) is 4.90 Å². The van der Waals surface area contributed by atoms with E-state index < -0.39 is 5.97 Å². The van der Waals surface area contributed by atoms with Gasteiger partial charge in [-0.25, -0.2) is 4.79 Å². The first-order chi connectivity index (χ1) is 12.6. The third-order valence-corrected chi connectivity index (χ3v) is 4.74. The van der Waals surface area contributed by atoms with Crippen LogP contribution in [0, 0.1) is 0 Å². The molecule has 7 nitrogen and oxygen atoms in total. The Morgan fingerprint density at radius 2 is 1.92 bits per heavy atom. The van der Waals surface area contributed by atoms with Crippen LogP contribution in [0.1, 0.15) is 30.1 Å². The smallest absolute Gasteiger partial charge is 0.343 e. The van der Waals surface area contributed by atoms with Gasteiger partial charge in [0.1, 0.15) is 5.75 Å². The zero-order valence-corrected chi connectivity index (χ0v) is 15.3. The zero-order chi connectivity index (χ0) is 18.5. The second kappa shape index (κ2) is 8.23. The van der Waals surface area contributed by atoms with E-state index in [0.29, 0.717) is 17.1 Å². The molecular formula is C19H25N3O4. The average Bonchev–Trinajstić information content (AvgIpc) is 3.12. The molecule has 0 atom stereocenters. The summed E-state index contributed by atoms with van der Waals surface area (Å²) in [5.74, 6) is 0.371. The summed E-state index contributed by atoms with van der Waals surface area (Å²) in [5.41, 5.74) is 0.792. The number of hydrogen-bond donors (Lipinski definition) is 1. The molecule has 0 bridgehead atoms. The fourth-order valence-electron chi connectivity index (χ4n) is 3.19. The molecule has 0 unspecified atom stereocenters. The fourth-order valence-corrected chi connectivity index (χ4v) is 3.19. The van der Waals surface area contributed by atoms with E-state index in [1.165, 1.54) is 12.8 Å². The maximum atomic E-state index is 11.9. The van der Waals surface area contributed by atoms with E-state index in [-0.39, 0.29) is 11.3 Å². The quantitative estimate of drug-likeness (QED) is 0.814. The largest absolute Gasteiger partial charge is 0.497 e. The van der Waals surface area contributed by atoms with Gasteiger partial charge in [-0.1, -0.05) is 18.5 Å². The number of anilines is 1. The van der Waals surface area contributed by atoms with Crippen LogP contribution in [0.15, 0.2) is 28.8 Å². The SMILES string of the molecule is CCCCN1CCN(c2noc(-c3ccc(OC)cc3)c2C(=O)O)CC1. The molecule has 1 aromatic heterocycles. The molecule has 2 aromatic rings. The Hall–Kier alpha value is -2.54. The first-order valence-electron chi connectivity index (χ1n) is 8.98. The minimum Gasteiger partial charge on any atom is -0.497 e. The molecule has 140 valence electrons. The third kappa shape index (κ3) is 3.83. The molecule has 0 amide bonds.